The van der Waals surface area contributed by atoms with Crippen molar-refractivity contribution in [1.29, 1.82) is 0 Å². The molecule has 48 heavy (non-hydrogen) atoms. The second-order valence-electron chi connectivity index (χ2n) is 14.9. The number of guanidine groups is 1. The van der Waals surface area contributed by atoms with Gasteiger partial charge in [-0.2, -0.15) is 0 Å². The van der Waals surface area contributed by atoms with Gasteiger partial charge in [0, 0.05) is 37.7 Å². The van der Waals surface area contributed by atoms with Crippen molar-refractivity contribution in [2.45, 2.75) is 106 Å². The molecular weight excluding hydrogens is 630 g/mol. The molecular formula is C32H57N5O11+2. The molecule has 0 aromatic carbocycles. The van der Waals surface area contributed by atoms with Gasteiger partial charge in [0.2, 0.25) is 5.79 Å². The van der Waals surface area contributed by atoms with Crippen molar-refractivity contribution in [3.05, 3.63) is 0 Å². The van der Waals surface area contributed by atoms with Gasteiger partial charge in [-0.25, -0.2) is 0 Å². The van der Waals surface area contributed by atoms with Crippen LogP contribution < -0.4 is 27.1 Å². The van der Waals surface area contributed by atoms with Crippen LogP contribution in [0.25, 0.3) is 0 Å². The molecule has 0 amide bonds. The number of fused-ring (bicyclic) bond motifs is 2. The minimum absolute atomic E-state index is 0.0871. The van der Waals surface area contributed by atoms with Crippen LogP contribution in [0.2, 0.25) is 0 Å². The number of rotatable bonds is 9. The van der Waals surface area contributed by atoms with Crippen molar-refractivity contribution >= 4 is 17.5 Å². The number of carbonyl (C=O) groups is 2. The number of methoxy groups -OCH3 is 1. The molecule has 0 spiro atoms. The van der Waals surface area contributed by atoms with Gasteiger partial charge in [0.1, 0.15) is 42.1 Å². The normalized spacial score (nSPS) is 48.5. The first-order chi connectivity index (χ1) is 22.7. The molecule has 0 bridgehead atoms. The Balaban J connectivity index is 1.37. The first-order valence-electron chi connectivity index (χ1n) is 17.4. The number of aliphatic hydroxyl groups excluding tert-OH is 4. The molecule has 0 aromatic rings. The van der Waals surface area contributed by atoms with Gasteiger partial charge < -0.3 is 50.2 Å². The van der Waals surface area contributed by atoms with Crippen molar-refractivity contribution in [2.24, 2.45) is 52.9 Å². The van der Waals surface area contributed by atoms with Crippen molar-refractivity contribution in [2.75, 3.05) is 33.9 Å². The van der Waals surface area contributed by atoms with Gasteiger partial charge in [-0.3, -0.25) is 31.4 Å². The number of piperidine rings is 1. The monoisotopic (exact) mass is 687 g/mol. The van der Waals surface area contributed by atoms with Crippen LogP contribution in [0.4, 0.5) is 0 Å². The van der Waals surface area contributed by atoms with Gasteiger partial charge in [-0.1, -0.05) is 6.92 Å². The number of hydrogen-bond acceptors (Lipinski definition) is 12. The van der Waals surface area contributed by atoms with E-state index in [-0.39, 0.29) is 61.3 Å². The van der Waals surface area contributed by atoms with Gasteiger partial charge in [-0.15, -0.1) is 0 Å². The number of quaternary nitrogens is 1. The Bertz CT molecular complexity index is 1200. The standard InChI is InChI=1S/C32H55N5O11/c1-14-8-17-23(25(40)19(14)12-37-30(34)35-2)26(41)22-18(24(17)39)10-16(46-3)11-20(22)47-29-27(42)28(43)31(44,32(45,13-38)48-29)6-4-15-5-7-36-21(33)9-15/h14-23,25,27-29,36,38,40,42-45H,4-13,33H2,1-3H3,(H3,34,35,37)/p+2. The maximum Gasteiger partial charge on any atom is 0.340 e. The van der Waals surface area contributed by atoms with E-state index in [4.69, 9.17) is 25.7 Å². The summed E-state index contributed by atoms with van der Waals surface area (Å²) in [6.45, 7) is 1.89. The van der Waals surface area contributed by atoms with E-state index in [9.17, 15) is 40.2 Å². The molecule has 16 atom stereocenters. The fourth-order valence-corrected chi connectivity index (χ4v) is 9.21. The van der Waals surface area contributed by atoms with Gasteiger partial charge in [0.25, 0.3) is 0 Å². The van der Waals surface area contributed by atoms with Crippen LogP contribution >= 0.6 is 0 Å². The van der Waals surface area contributed by atoms with E-state index in [0.29, 0.717) is 25.2 Å². The molecule has 16 unspecified atom stereocenters. The summed E-state index contributed by atoms with van der Waals surface area (Å²) >= 11 is 0. The van der Waals surface area contributed by atoms with Gasteiger partial charge in [0.05, 0.1) is 50.3 Å². The highest BCUT2D eigenvalue weighted by atomic mass is 16.8. The SMILES string of the molecule is C[NH+]=C(N)NCC1C(C)CC2C(=O)C3CC(OC)CC(OC4OC(O)(CO)C(O)(CCC5CC[NH2+]C(N)C5)C(O)C4O)C3C(=O)C2C1O. The molecule has 16 heteroatoms. The van der Waals surface area contributed by atoms with E-state index in [1.54, 1.807) is 7.05 Å². The molecule has 5 aliphatic rings. The second kappa shape index (κ2) is 14.8. The Kier molecular flexibility index (Phi) is 11.5. The molecule has 2 saturated heterocycles. The van der Waals surface area contributed by atoms with Crippen molar-refractivity contribution in [3.8, 4) is 0 Å². The van der Waals surface area contributed by atoms with E-state index in [1.165, 1.54) is 7.11 Å². The predicted octanol–water partition coefficient (Wildman–Crippen LogP) is -6.04. The third-order valence-electron chi connectivity index (χ3n) is 12.1. The number of nitrogens with one attached hydrogen (secondary N) is 2. The Labute approximate surface area is 280 Å². The van der Waals surface area contributed by atoms with E-state index in [1.807, 2.05) is 12.2 Å². The molecule has 3 aliphatic carbocycles. The fourth-order valence-electron chi connectivity index (χ4n) is 9.21. The summed E-state index contributed by atoms with van der Waals surface area (Å²) in [5.41, 5.74) is 9.46. The average Bonchev–Trinajstić information content (AvgIpc) is 3.07. The number of nitrogens with two attached hydrogens (primary N) is 3. The lowest BCUT2D eigenvalue weighted by molar-refractivity contribution is -0.699. The molecule has 14 N–H and O–H groups in total. The highest BCUT2D eigenvalue weighted by Gasteiger charge is 2.65. The van der Waals surface area contributed by atoms with Crippen LogP contribution in [-0.4, -0.2) is 136 Å². The molecule has 0 radical (unpaired) electrons. The van der Waals surface area contributed by atoms with Crippen LogP contribution in [0.3, 0.4) is 0 Å². The van der Waals surface area contributed by atoms with Crippen LogP contribution in [0.5, 0.6) is 0 Å². The van der Waals surface area contributed by atoms with Crippen LogP contribution in [0.1, 0.15) is 51.9 Å². The van der Waals surface area contributed by atoms with E-state index in [0.717, 1.165) is 13.0 Å². The lowest BCUT2D eigenvalue weighted by atomic mass is 9.53. The molecule has 3 saturated carbocycles. The Morgan fingerprint density at radius 2 is 1.79 bits per heavy atom. The largest absolute Gasteiger partial charge is 0.392 e. The van der Waals surface area contributed by atoms with Crippen molar-refractivity contribution < 1.29 is 64.7 Å². The minimum Gasteiger partial charge on any atom is -0.392 e. The number of ketones is 2. The lowest BCUT2D eigenvalue weighted by Crippen LogP contribution is -2.94. The first-order valence-corrected chi connectivity index (χ1v) is 17.4. The smallest absolute Gasteiger partial charge is 0.340 e. The van der Waals surface area contributed by atoms with Crippen molar-refractivity contribution in [1.82, 2.24) is 5.32 Å². The number of carbonyl (C=O) groups excluding carboxylic acids is 2. The highest BCUT2D eigenvalue weighted by molar-refractivity contribution is 6.00. The Morgan fingerprint density at radius 1 is 1.08 bits per heavy atom. The second-order valence-corrected chi connectivity index (χ2v) is 14.9. The molecule has 2 heterocycles. The van der Waals surface area contributed by atoms with Crippen LogP contribution in [0, 0.1) is 41.4 Å². The maximum atomic E-state index is 14.3. The molecule has 274 valence electrons. The van der Waals surface area contributed by atoms with Gasteiger partial charge in [-0.05, 0) is 43.9 Å². The summed E-state index contributed by atoms with van der Waals surface area (Å²) < 4.78 is 17.5. The Morgan fingerprint density at radius 3 is 2.44 bits per heavy atom. The zero-order valence-electron chi connectivity index (χ0n) is 28.1. The van der Waals surface area contributed by atoms with E-state index >= 15 is 0 Å². The summed E-state index contributed by atoms with van der Waals surface area (Å²) in [6, 6.07) is 0. The van der Waals surface area contributed by atoms with Crippen molar-refractivity contribution in [3.63, 3.8) is 0 Å². The van der Waals surface area contributed by atoms with Crippen LogP contribution in [0.15, 0.2) is 0 Å². The third-order valence-corrected chi connectivity index (χ3v) is 12.1. The Hall–Kier alpha value is -1.83. The van der Waals surface area contributed by atoms with Gasteiger partial charge in [0.15, 0.2) is 6.29 Å². The lowest BCUT2D eigenvalue weighted by Gasteiger charge is -2.55. The number of hydrogen-bond donors (Lipinski definition) is 11. The number of Topliss-reactive ketones (excluding diaryl/α,β-unsaturated/α-hetero) is 2. The summed E-state index contributed by atoms with van der Waals surface area (Å²) in [4.78, 5) is 31.2. The quantitative estimate of drug-likeness (QED) is 0.0796. The molecule has 5 rings (SSSR count). The molecule has 16 nitrogen and oxygen atoms in total. The minimum atomic E-state index is -2.73. The third kappa shape index (κ3) is 6.78. The maximum absolute atomic E-state index is 14.3. The van der Waals surface area contributed by atoms with Crippen LogP contribution in [-0.2, 0) is 23.8 Å². The number of aliphatic hydroxyl groups is 6. The fraction of sp³-hybridized carbons (Fsp3) is 0.906. The van der Waals surface area contributed by atoms with Gasteiger partial charge >= 0.3 is 5.96 Å². The highest BCUT2D eigenvalue weighted by Crippen LogP contribution is 2.51. The zero-order valence-corrected chi connectivity index (χ0v) is 28.1. The average molecular weight is 688 g/mol. The summed E-state index contributed by atoms with van der Waals surface area (Å²) in [7, 11) is 3.13. The van der Waals surface area contributed by atoms with E-state index in [2.05, 4.69) is 10.3 Å². The molecule has 0 aromatic heterocycles. The molecule has 5 fully saturated rings. The molecule has 2 aliphatic heterocycles. The summed E-state index contributed by atoms with van der Waals surface area (Å²) in [5, 5.41) is 72.4. The summed E-state index contributed by atoms with van der Waals surface area (Å²) in [5.74, 6) is -6.79. The predicted molar refractivity (Wildman–Crippen MR) is 167 cm³/mol. The topological polar surface area (TPSA) is 278 Å². The zero-order chi connectivity index (χ0) is 35.1. The van der Waals surface area contributed by atoms with E-state index < -0.39 is 78.5 Å². The summed E-state index contributed by atoms with van der Waals surface area (Å²) in [6.07, 6.45) is -6.11. The first kappa shape index (κ1) is 37.4. The number of ether oxygens (including phenoxy) is 3.